The molecule has 0 aliphatic carbocycles. The SMILES string of the molecule is CNCCCC(=O)NC(C)C(C)(C)CN(C)C. The van der Waals surface area contributed by atoms with E-state index in [1.165, 1.54) is 0 Å². The van der Waals surface area contributed by atoms with Crippen LogP contribution in [0.1, 0.15) is 33.6 Å². The number of carbonyl (C=O) groups excluding carboxylic acids is 1. The van der Waals surface area contributed by atoms with Crippen molar-refractivity contribution in [3.8, 4) is 0 Å². The highest BCUT2D eigenvalue weighted by atomic mass is 16.1. The van der Waals surface area contributed by atoms with Crippen molar-refractivity contribution in [1.82, 2.24) is 15.5 Å². The Balaban J connectivity index is 4.05. The number of rotatable bonds is 8. The van der Waals surface area contributed by atoms with Crippen LogP contribution in [0.25, 0.3) is 0 Å². The molecule has 0 bridgehead atoms. The van der Waals surface area contributed by atoms with Gasteiger partial charge in [-0.2, -0.15) is 0 Å². The first kappa shape index (κ1) is 16.4. The molecule has 4 nitrogen and oxygen atoms in total. The Hall–Kier alpha value is -0.610. The standard InChI is InChI=1S/C13H29N3O/c1-11(13(2,3)10-16(5)6)15-12(17)8-7-9-14-4/h11,14H,7-10H2,1-6H3,(H,15,17). The summed E-state index contributed by atoms with van der Waals surface area (Å²) in [5.41, 5.74) is 0.0855. The molecular weight excluding hydrogens is 214 g/mol. The second kappa shape index (κ2) is 7.67. The molecule has 2 N–H and O–H groups in total. The van der Waals surface area contributed by atoms with Gasteiger partial charge in [0.05, 0.1) is 0 Å². The first-order chi connectivity index (χ1) is 7.79. The van der Waals surface area contributed by atoms with Crippen LogP contribution in [0.2, 0.25) is 0 Å². The van der Waals surface area contributed by atoms with Gasteiger partial charge < -0.3 is 15.5 Å². The third-order valence-corrected chi connectivity index (χ3v) is 3.10. The minimum absolute atomic E-state index is 0.0855. The van der Waals surface area contributed by atoms with Gasteiger partial charge in [-0.15, -0.1) is 0 Å². The van der Waals surface area contributed by atoms with Crippen LogP contribution in [0.3, 0.4) is 0 Å². The number of hydrogen-bond acceptors (Lipinski definition) is 3. The number of nitrogens with zero attached hydrogens (tertiary/aromatic N) is 1. The lowest BCUT2D eigenvalue weighted by Gasteiger charge is -2.34. The maximum Gasteiger partial charge on any atom is 0.220 e. The van der Waals surface area contributed by atoms with Crippen LogP contribution < -0.4 is 10.6 Å². The monoisotopic (exact) mass is 243 g/mol. The Morgan fingerprint density at radius 1 is 1.35 bits per heavy atom. The van der Waals surface area contributed by atoms with Crippen molar-refractivity contribution >= 4 is 5.91 Å². The van der Waals surface area contributed by atoms with Gasteiger partial charge >= 0.3 is 0 Å². The zero-order chi connectivity index (χ0) is 13.5. The van der Waals surface area contributed by atoms with E-state index in [-0.39, 0.29) is 17.4 Å². The summed E-state index contributed by atoms with van der Waals surface area (Å²) < 4.78 is 0. The molecule has 1 amide bonds. The van der Waals surface area contributed by atoms with Gasteiger partial charge in [-0.25, -0.2) is 0 Å². The fourth-order valence-corrected chi connectivity index (χ4v) is 1.89. The van der Waals surface area contributed by atoms with E-state index in [0.29, 0.717) is 6.42 Å². The maximum absolute atomic E-state index is 11.7. The first-order valence-corrected chi connectivity index (χ1v) is 6.38. The van der Waals surface area contributed by atoms with Gasteiger partial charge in [-0.05, 0) is 46.4 Å². The molecule has 0 fully saturated rings. The second-order valence-corrected chi connectivity index (χ2v) is 5.72. The first-order valence-electron chi connectivity index (χ1n) is 6.38. The van der Waals surface area contributed by atoms with Crippen molar-refractivity contribution in [2.45, 2.75) is 39.7 Å². The van der Waals surface area contributed by atoms with E-state index in [4.69, 9.17) is 0 Å². The molecule has 102 valence electrons. The molecule has 0 aromatic rings. The van der Waals surface area contributed by atoms with E-state index >= 15 is 0 Å². The van der Waals surface area contributed by atoms with Crippen LogP contribution >= 0.6 is 0 Å². The summed E-state index contributed by atoms with van der Waals surface area (Å²) in [5.74, 6) is 0.152. The molecule has 1 unspecified atom stereocenters. The van der Waals surface area contributed by atoms with Gasteiger partial charge in [0, 0.05) is 19.0 Å². The molecule has 4 heteroatoms. The molecule has 0 heterocycles. The highest BCUT2D eigenvalue weighted by molar-refractivity contribution is 5.76. The second-order valence-electron chi connectivity index (χ2n) is 5.72. The number of nitrogens with one attached hydrogen (secondary N) is 2. The summed E-state index contributed by atoms with van der Waals surface area (Å²) in [6.07, 6.45) is 1.49. The average Bonchev–Trinajstić information content (AvgIpc) is 2.15. The lowest BCUT2D eigenvalue weighted by molar-refractivity contribution is -0.122. The zero-order valence-corrected chi connectivity index (χ0v) is 12.3. The summed E-state index contributed by atoms with van der Waals surface area (Å²) in [5, 5.41) is 6.14. The maximum atomic E-state index is 11.7. The quantitative estimate of drug-likeness (QED) is 0.627. The van der Waals surface area contributed by atoms with E-state index in [1.54, 1.807) is 0 Å². The van der Waals surface area contributed by atoms with Crippen LogP contribution in [0.5, 0.6) is 0 Å². The molecule has 0 saturated heterocycles. The van der Waals surface area contributed by atoms with Gasteiger partial charge in [0.25, 0.3) is 0 Å². The van der Waals surface area contributed by atoms with Crippen molar-refractivity contribution in [2.24, 2.45) is 5.41 Å². The summed E-state index contributed by atoms with van der Waals surface area (Å²) in [6.45, 7) is 8.31. The summed E-state index contributed by atoms with van der Waals surface area (Å²) in [7, 11) is 6.02. The van der Waals surface area contributed by atoms with E-state index < -0.39 is 0 Å². The van der Waals surface area contributed by atoms with Crippen LogP contribution in [0, 0.1) is 5.41 Å². The molecule has 0 radical (unpaired) electrons. The average molecular weight is 243 g/mol. The summed E-state index contributed by atoms with van der Waals surface area (Å²) in [4.78, 5) is 13.9. The van der Waals surface area contributed by atoms with Crippen LogP contribution in [0.4, 0.5) is 0 Å². The van der Waals surface area contributed by atoms with Crippen molar-refractivity contribution in [2.75, 3.05) is 34.2 Å². The van der Waals surface area contributed by atoms with E-state index in [0.717, 1.165) is 19.5 Å². The van der Waals surface area contributed by atoms with Crippen LogP contribution in [-0.2, 0) is 4.79 Å². The molecular formula is C13H29N3O. The van der Waals surface area contributed by atoms with Crippen molar-refractivity contribution in [3.05, 3.63) is 0 Å². The third-order valence-electron chi connectivity index (χ3n) is 3.10. The minimum Gasteiger partial charge on any atom is -0.353 e. The van der Waals surface area contributed by atoms with Gasteiger partial charge in [0.1, 0.15) is 0 Å². The number of carbonyl (C=O) groups is 1. The third kappa shape index (κ3) is 7.34. The Morgan fingerprint density at radius 2 is 1.94 bits per heavy atom. The van der Waals surface area contributed by atoms with Crippen molar-refractivity contribution in [1.29, 1.82) is 0 Å². The predicted octanol–water partition coefficient (Wildman–Crippen LogP) is 1.08. The minimum atomic E-state index is 0.0855. The number of hydrogen-bond donors (Lipinski definition) is 2. The molecule has 0 aromatic heterocycles. The lowest BCUT2D eigenvalue weighted by atomic mass is 9.85. The fourth-order valence-electron chi connectivity index (χ4n) is 1.89. The highest BCUT2D eigenvalue weighted by Crippen LogP contribution is 2.21. The predicted molar refractivity (Wildman–Crippen MR) is 73.1 cm³/mol. The molecule has 0 aliphatic heterocycles. The molecule has 0 aliphatic rings. The van der Waals surface area contributed by atoms with Crippen molar-refractivity contribution < 1.29 is 4.79 Å². The van der Waals surface area contributed by atoms with Crippen LogP contribution in [-0.4, -0.2) is 51.1 Å². The molecule has 0 spiro atoms. The molecule has 1 atom stereocenters. The topological polar surface area (TPSA) is 44.4 Å². The van der Waals surface area contributed by atoms with Gasteiger partial charge in [-0.1, -0.05) is 13.8 Å². The van der Waals surface area contributed by atoms with Crippen molar-refractivity contribution in [3.63, 3.8) is 0 Å². The fraction of sp³-hybridized carbons (Fsp3) is 0.923. The van der Waals surface area contributed by atoms with Gasteiger partial charge in [-0.3, -0.25) is 4.79 Å². The van der Waals surface area contributed by atoms with E-state index in [2.05, 4.69) is 50.4 Å². The number of amides is 1. The smallest absolute Gasteiger partial charge is 0.220 e. The molecule has 0 aromatic carbocycles. The lowest BCUT2D eigenvalue weighted by Crippen LogP contribution is -2.47. The Labute approximate surface area is 106 Å². The Morgan fingerprint density at radius 3 is 2.41 bits per heavy atom. The Kier molecular flexibility index (Phi) is 7.39. The Bertz CT molecular complexity index is 227. The molecule has 0 rings (SSSR count). The normalized spacial score (nSPS) is 13.8. The largest absolute Gasteiger partial charge is 0.353 e. The summed E-state index contributed by atoms with van der Waals surface area (Å²) >= 11 is 0. The van der Waals surface area contributed by atoms with Gasteiger partial charge in [0.2, 0.25) is 5.91 Å². The van der Waals surface area contributed by atoms with Crippen LogP contribution in [0.15, 0.2) is 0 Å². The zero-order valence-electron chi connectivity index (χ0n) is 12.3. The molecule has 17 heavy (non-hydrogen) atoms. The van der Waals surface area contributed by atoms with E-state index in [1.807, 2.05) is 7.05 Å². The van der Waals surface area contributed by atoms with E-state index in [9.17, 15) is 4.79 Å². The summed E-state index contributed by atoms with van der Waals surface area (Å²) in [6, 6.07) is 0.187. The molecule has 0 saturated carbocycles. The van der Waals surface area contributed by atoms with Gasteiger partial charge in [0.15, 0.2) is 0 Å². The highest BCUT2D eigenvalue weighted by Gasteiger charge is 2.27.